The molecule has 0 aliphatic carbocycles. The monoisotopic (exact) mass is 275 g/mol. The summed E-state index contributed by atoms with van der Waals surface area (Å²) < 4.78 is 38.6. The Morgan fingerprint density at radius 2 is 2.06 bits per heavy atom. The highest BCUT2D eigenvalue weighted by molar-refractivity contribution is 6.32. The van der Waals surface area contributed by atoms with Crippen molar-refractivity contribution in [2.75, 3.05) is 0 Å². The first kappa shape index (κ1) is 12.9. The first-order chi connectivity index (χ1) is 8.43. The average Bonchev–Trinajstić information content (AvgIpc) is 2.77. The molecule has 2 aromatic rings. The van der Waals surface area contributed by atoms with Gasteiger partial charge in [-0.25, -0.2) is 4.68 Å². The first-order valence-electron chi connectivity index (χ1n) is 5.03. The van der Waals surface area contributed by atoms with Crippen LogP contribution in [0.5, 0.6) is 0 Å². The van der Waals surface area contributed by atoms with Crippen molar-refractivity contribution in [1.82, 2.24) is 9.78 Å². The lowest BCUT2D eigenvalue weighted by Gasteiger charge is -2.09. The summed E-state index contributed by atoms with van der Waals surface area (Å²) in [5.74, 6) is 0. The summed E-state index contributed by atoms with van der Waals surface area (Å²) in [7, 11) is 0. The molecular formula is C11H9ClF3N3. The molecule has 0 unspecified atom stereocenters. The Labute approximate surface area is 106 Å². The van der Waals surface area contributed by atoms with Crippen LogP contribution in [-0.2, 0) is 12.7 Å². The van der Waals surface area contributed by atoms with E-state index in [1.54, 1.807) is 18.2 Å². The Hall–Kier alpha value is -1.53. The number of hydrogen-bond acceptors (Lipinski definition) is 2. The van der Waals surface area contributed by atoms with E-state index in [-0.39, 0.29) is 6.54 Å². The number of nitrogens with zero attached hydrogens (tertiary/aromatic N) is 2. The van der Waals surface area contributed by atoms with E-state index in [4.69, 9.17) is 17.3 Å². The van der Waals surface area contributed by atoms with E-state index in [0.29, 0.717) is 16.3 Å². The lowest BCUT2D eigenvalue weighted by molar-refractivity contribution is -0.137. The molecule has 0 bridgehead atoms. The number of hydrogen-bond donors (Lipinski definition) is 1. The van der Waals surface area contributed by atoms with Crippen molar-refractivity contribution in [2.45, 2.75) is 12.7 Å². The number of rotatable bonds is 2. The van der Waals surface area contributed by atoms with Gasteiger partial charge in [0.05, 0.1) is 22.5 Å². The molecule has 2 N–H and O–H groups in total. The van der Waals surface area contributed by atoms with E-state index in [2.05, 4.69) is 5.10 Å². The van der Waals surface area contributed by atoms with Crippen molar-refractivity contribution < 1.29 is 13.2 Å². The predicted molar refractivity (Wildman–Crippen MR) is 61.5 cm³/mol. The van der Waals surface area contributed by atoms with Crippen LogP contribution in [0, 0.1) is 0 Å². The number of alkyl halides is 3. The van der Waals surface area contributed by atoms with Gasteiger partial charge in [-0.3, -0.25) is 0 Å². The van der Waals surface area contributed by atoms with Crippen LogP contribution in [0.4, 0.5) is 13.2 Å². The Kier molecular flexibility index (Phi) is 3.32. The molecular weight excluding hydrogens is 267 g/mol. The van der Waals surface area contributed by atoms with Crippen molar-refractivity contribution in [3.05, 3.63) is 46.7 Å². The van der Waals surface area contributed by atoms with Gasteiger partial charge in [0.1, 0.15) is 0 Å². The molecule has 1 aromatic carbocycles. The molecule has 0 saturated carbocycles. The maximum absolute atomic E-state index is 12.5. The van der Waals surface area contributed by atoms with Crippen LogP contribution in [0.25, 0.3) is 5.69 Å². The fourth-order valence-electron chi connectivity index (χ4n) is 1.57. The molecule has 0 spiro atoms. The maximum Gasteiger partial charge on any atom is 0.419 e. The van der Waals surface area contributed by atoms with Crippen molar-refractivity contribution >= 4 is 11.6 Å². The summed E-state index contributed by atoms with van der Waals surface area (Å²) in [5.41, 5.74) is 5.70. The van der Waals surface area contributed by atoms with Gasteiger partial charge in [-0.2, -0.15) is 18.3 Å². The predicted octanol–water partition coefficient (Wildman–Crippen LogP) is 3.00. The second kappa shape index (κ2) is 4.62. The van der Waals surface area contributed by atoms with Crippen LogP contribution >= 0.6 is 11.6 Å². The van der Waals surface area contributed by atoms with Crippen LogP contribution in [0.1, 0.15) is 11.1 Å². The van der Waals surface area contributed by atoms with E-state index >= 15 is 0 Å². The van der Waals surface area contributed by atoms with Gasteiger partial charge in [0.15, 0.2) is 0 Å². The van der Waals surface area contributed by atoms with Gasteiger partial charge in [0.25, 0.3) is 0 Å². The molecule has 1 heterocycles. The van der Waals surface area contributed by atoms with Crippen LogP contribution in [0.15, 0.2) is 30.6 Å². The molecule has 0 saturated heterocycles. The summed E-state index contributed by atoms with van der Waals surface area (Å²) >= 11 is 5.97. The summed E-state index contributed by atoms with van der Waals surface area (Å²) in [6, 6.07) is 4.95. The average molecular weight is 276 g/mol. The summed E-state index contributed by atoms with van der Waals surface area (Å²) in [4.78, 5) is 0. The maximum atomic E-state index is 12.5. The number of para-hydroxylation sites is 1. The number of halogens is 4. The molecule has 0 atom stereocenters. The van der Waals surface area contributed by atoms with Gasteiger partial charge >= 0.3 is 6.18 Å². The summed E-state index contributed by atoms with van der Waals surface area (Å²) in [6.07, 6.45) is -2.79. The minimum absolute atomic E-state index is 0.164. The van der Waals surface area contributed by atoms with Gasteiger partial charge in [-0.05, 0) is 11.6 Å². The number of nitrogens with two attached hydrogens (primary N) is 1. The molecule has 1 aromatic heterocycles. The van der Waals surface area contributed by atoms with Crippen molar-refractivity contribution in [3.8, 4) is 5.69 Å². The van der Waals surface area contributed by atoms with E-state index in [9.17, 15) is 13.2 Å². The second-order valence-corrected chi connectivity index (χ2v) is 4.03. The standard InChI is InChI=1S/C11H9ClF3N3/c12-9-3-1-2-7(4-16)10(9)18-6-8(5-17-18)11(13,14)15/h1-3,5-6H,4,16H2. The smallest absolute Gasteiger partial charge is 0.326 e. The highest BCUT2D eigenvalue weighted by Crippen LogP contribution is 2.31. The van der Waals surface area contributed by atoms with Crippen LogP contribution in [0.3, 0.4) is 0 Å². The normalized spacial score (nSPS) is 11.8. The lowest BCUT2D eigenvalue weighted by atomic mass is 10.2. The van der Waals surface area contributed by atoms with E-state index in [1.165, 1.54) is 0 Å². The first-order valence-corrected chi connectivity index (χ1v) is 5.41. The van der Waals surface area contributed by atoms with Crippen LogP contribution < -0.4 is 5.73 Å². The summed E-state index contributed by atoms with van der Waals surface area (Å²) in [6.45, 7) is 0.164. The summed E-state index contributed by atoms with van der Waals surface area (Å²) in [5, 5.41) is 3.98. The molecule has 3 nitrogen and oxygen atoms in total. The Balaban J connectivity index is 2.53. The van der Waals surface area contributed by atoms with E-state index < -0.39 is 11.7 Å². The fourth-order valence-corrected chi connectivity index (χ4v) is 1.85. The lowest BCUT2D eigenvalue weighted by Crippen LogP contribution is -2.06. The Bertz CT molecular complexity index is 563. The highest BCUT2D eigenvalue weighted by Gasteiger charge is 2.32. The van der Waals surface area contributed by atoms with Gasteiger partial charge in [0, 0.05) is 12.7 Å². The third-order valence-corrected chi connectivity index (χ3v) is 2.73. The van der Waals surface area contributed by atoms with Gasteiger partial charge in [-0.15, -0.1) is 0 Å². The van der Waals surface area contributed by atoms with Crippen molar-refractivity contribution in [3.63, 3.8) is 0 Å². The van der Waals surface area contributed by atoms with E-state index in [0.717, 1.165) is 17.1 Å². The van der Waals surface area contributed by atoms with Crippen LogP contribution in [0.2, 0.25) is 5.02 Å². The van der Waals surface area contributed by atoms with Crippen molar-refractivity contribution in [1.29, 1.82) is 0 Å². The zero-order chi connectivity index (χ0) is 13.3. The van der Waals surface area contributed by atoms with Gasteiger partial charge in [0.2, 0.25) is 0 Å². The SMILES string of the molecule is NCc1cccc(Cl)c1-n1cc(C(F)(F)F)cn1. The third kappa shape index (κ3) is 2.34. The molecule has 0 radical (unpaired) electrons. The van der Waals surface area contributed by atoms with E-state index in [1.807, 2.05) is 0 Å². The number of benzene rings is 1. The molecule has 2 rings (SSSR count). The molecule has 0 aliphatic rings. The fraction of sp³-hybridized carbons (Fsp3) is 0.182. The molecule has 0 fully saturated rings. The zero-order valence-electron chi connectivity index (χ0n) is 9.08. The van der Waals surface area contributed by atoms with Crippen molar-refractivity contribution in [2.24, 2.45) is 5.73 Å². The molecule has 0 aliphatic heterocycles. The van der Waals surface area contributed by atoms with Crippen LogP contribution in [-0.4, -0.2) is 9.78 Å². The molecule has 0 amide bonds. The Morgan fingerprint density at radius 3 is 2.61 bits per heavy atom. The molecule has 7 heteroatoms. The highest BCUT2D eigenvalue weighted by atomic mass is 35.5. The zero-order valence-corrected chi connectivity index (χ0v) is 9.83. The molecule has 18 heavy (non-hydrogen) atoms. The largest absolute Gasteiger partial charge is 0.419 e. The Morgan fingerprint density at radius 1 is 1.33 bits per heavy atom. The van der Waals surface area contributed by atoms with Gasteiger partial charge < -0.3 is 5.73 Å². The quantitative estimate of drug-likeness (QED) is 0.916. The topological polar surface area (TPSA) is 43.8 Å². The third-order valence-electron chi connectivity index (χ3n) is 2.43. The molecule has 96 valence electrons. The second-order valence-electron chi connectivity index (χ2n) is 3.62. The van der Waals surface area contributed by atoms with Gasteiger partial charge in [-0.1, -0.05) is 23.7 Å². The minimum Gasteiger partial charge on any atom is -0.326 e. The minimum atomic E-state index is -4.43. The number of aromatic nitrogens is 2.